The minimum atomic E-state index is -4.58. The molecule has 23 heavy (non-hydrogen) atoms. The zero-order chi connectivity index (χ0) is 17.2. The minimum absolute atomic E-state index is 0.0879. The van der Waals surface area contributed by atoms with Crippen LogP contribution in [0.1, 0.15) is 31.9 Å². The Bertz CT molecular complexity index is 682. The summed E-state index contributed by atoms with van der Waals surface area (Å²) < 4.78 is 44.7. The Morgan fingerprint density at radius 2 is 2.00 bits per heavy atom. The van der Waals surface area contributed by atoms with E-state index in [2.05, 4.69) is 6.92 Å². The number of hydrogen-bond donors (Lipinski definition) is 0. The van der Waals surface area contributed by atoms with Gasteiger partial charge in [-0.05, 0) is 38.0 Å². The van der Waals surface area contributed by atoms with Crippen LogP contribution < -0.4 is 4.74 Å². The molecule has 0 fully saturated rings. The van der Waals surface area contributed by atoms with Crippen molar-refractivity contribution in [3.05, 3.63) is 53.1 Å². The van der Waals surface area contributed by atoms with E-state index in [1.807, 2.05) is 32.1 Å². The maximum absolute atomic E-state index is 13.0. The SMILES string of the molecule is CC1=CC=CC(C(C)Oc2ccc(C#N)c(C(F)(F)F)c2)C1C. The van der Waals surface area contributed by atoms with E-state index in [0.29, 0.717) is 0 Å². The molecule has 0 spiro atoms. The molecule has 1 aliphatic carbocycles. The summed E-state index contributed by atoms with van der Waals surface area (Å²) in [6.45, 7) is 5.94. The molecule has 2 rings (SSSR count). The molecule has 1 aromatic rings. The monoisotopic (exact) mass is 321 g/mol. The highest BCUT2D eigenvalue weighted by Gasteiger charge is 2.34. The molecule has 3 atom stereocenters. The molecular formula is C18H18F3NO. The Balaban J connectivity index is 2.22. The van der Waals surface area contributed by atoms with E-state index in [0.717, 1.165) is 12.1 Å². The number of ether oxygens (including phenoxy) is 1. The van der Waals surface area contributed by atoms with Crippen molar-refractivity contribution < 1.29 is 17.9 Å². The van der Waals surface area contributed by atoms with Crippen LogP contribution in [0, 0.1) is 23.2 Å². The van der Waals surface area contributed by atoms with Gasteiger partial charge in [0.25, 0.3) is 0 Å². The molecule has 0 saturated carbocycles. The molecule has 1 aromatic carbocycles. The number of hydrogen-bond acceptors (Lipinski definition) is 2. The number of nitriles is 1. The average Bonchev–Trinajstić information content (AvgIpc) is 2.49. The van der Waals surface area contributed by atoms with Crippen LogP contribution in [0.3, 0.4) is 0 Å². The molecule has 0 aromatic heterocycles. The first-order chi connectivity index (χ1) is 10.7. The Kier molecular flexibility index (Phi) is 4.84. The number of alkyl halides is 3. The molecule has 1 aliphatic rings. The fourth-order valence-corrected chi connectivity index (χ4v) is 2.74. The van der Waals surface area contributed by atoms with Crippen molar-refractivity contribution in [1.29, 1.82) is 5.26 Å². The molecule has 122 valence electrons. The minimum Gasteiger partial charge on any atom is -0.490 e. The molecule has 2 nitrogen and oxygen atoms in total. The van der Waals surface area contributed by atoms with E-state index in [4.69, 9.17) is 10.00 Å². The molecule has 0 amide bonds. The average molecular weight is 321 g/mol. The predicted octanol–water partition coefficient (Wildman–Crippen LogP) is 5.11. The van der Waals surface area contributed by atoms with E-state index in [-0.39, 0.29) is 23.7 Å². The maximum atomic E-state index is 13.0. The first-order valence-corrected chi connectivity index (χ1v) is 7.37. The second kappa shape index (κ2) is 6.49. The van der Waals surface area contributed by atoms with Gasteiger partial charge in [-0.1, -0.05) is 30.7 Å². The van der Waals surface area contributed by atoms with E-state index in [1.54, 1.807) is 6.07 Å². The van der Waals surface area contributed by atoms with Gasteiger partial charge in [0.2, 0.25) is 0 Å². The molecule has 3 unspecified atom stereocenters. The van der Waals surface area contributed by atoms with Crippen molar-refractivity contribution in [2.75, 3.05) is 0 Å². The van der Waals surface area contributed by atoms with Crippen molar-refractivity contribution in [3.8, 4) is 11.8 Å². The van der Waals surface area contributed by atoms with Gasteiger partial charge in [-0.3, -0.25) is 0 Å². The summed E-state index contributed by atoms with van der Waals surface area (Å²) in [6.07, 6.45) is 1.12. The number of nitrogens with zero attached hydrogens (tertiary/aromatic N) is 1. The quantitative estimate of drug-likeness (QED) is 0.775. The topological polar surface area (TPSA) is 33.0 Å². The molecule has 0 aliphatic heterocycles. The molecule has 0 heterocycles. The normalized spacial score (nSPS) is 22.2. The molecule has 0 radical (unpaired) electrons. The van der Waals surface area contributed by atoms with Crippen molar-refractivity contribution in [3.63, 3.8) is 0 Å². The third-order valence-corrected chi connectivity index (χ3v) is 4.27. The highest BCUT2D eigenvalue weighted by atomic mass is 19.4. The summed E-state index contributed by atoms with van der Waals surface area (Å²) in [5.74, 6) is 0.470. The lowest BCUT2D eigenvalue weighted by atomic mass is 9.81. The second-order valence-corrected chi connectivity index (χ2v) is 5.80. The Morgan fingerprint density at radius 3 is 2.61 bits per heavy atom. The fourth-order valence-electron chi connectivity index (χ4n) is 2.74. The first-order valence-electron chi connectivity index (χ1n) is 7.37. The van der Waals surface area contributed by atoms with Gasteiger partial charge < -0.3 is 4.74 Å². The lowest BCUT2D eigenvalue weighted by Crippen LogP contribution is -2.29. The maximum Gasteiger partial charge on any atom is 0.417 e. The predicted molar refractivity (Wildman–Crippen MR) is 81.8 cm³/mol. The van der Waals surface area contributed by atoms with E-state index in [9.17, 15) is 13.2 Å². The number of benzene rings is 1. The van der Waals surface area contributed by atoms with Crippen LogP contribution in [0.15, 0.2) is 42.0 Å². The van der Waals surface area contributed by atoms with Crippen molar-refractivity contribution in [1.82, 2.24) is 0 Å². The fraction of sp³-hybridized carbons (Fsp3) is 0.389. The van der Waals surface area contributed by atoms with Gasteiger partial charge in [0, 0.05) is 5.92 Å². The van der Waals surface area contributed by atoms with Crippen LogP contribution in [-0.4, -0.2) is 6.10 Å². The third kappa shape index (κ3) is 3.76. The van der Waals surface area contributed by atoms with E-state index >= 15 is 0 Å². The van der Waals surface area contributed by atoms with Crippen molar-refractivity contribution in [2.45, 2.75) is 33.1 Å². The number of rotatable bonds is 3. The van der Waals surface area contributed by atoms with Gasteiger partial charge in [-0.25, -0.2) is 0 Å². The van der Waals surface area contributed by atoms with E-state index in [1.165, 1.54) is 11.6 Å². The summed E-state index contributed by atoms with van der Waals surface area (Å²) in [5.41, 5.74) is -0.154. The van der Waals surface area contributed by atoms with Crippen LogP contribution in [0.25, 0.3) is 0 Å². The van der Waals surface area contributed by atoms with Gasteiger partial charge in [0.05, 0.1) is 17.2 Å². The van der Waals surface area contributed by atoms with Gasteiger partial charge in [0.15, 0.2) is 0 Å². The summed E-state index contributed by atoms with van der Waals surface area (Å²) in [7, 11) is 0. The van der Waals surface area contributed by atoms with Crippen molar-refractivity contribution >= 4 is 0 Å². The lowest BCUT2D eigenvalue weighted by Gasteiger charge is -2.30. The van der Waals surface area contributed by atoms with Crippen LogP contribution in [0.5, 0.6) is 5.75 Å². The number of halogens is 3. The first kappa shape index (κ1) is 17.1. The second-order valence-electron chi connectivity index (χ2n) is 5.80. The lowest BCUT2D eigenvalue weighted by molar-refractivity contribution is -0.137. The van der Waals surface area contributed by atoms with Crippen LogP contribution in [-0.2, 0) is 6.18 Å². The zero-order valence-electron chi connectivity index (χ0n) is 13.2. The standard InChI is InChI=1S/C18H18F3NO/c1-11-5-4-6-16(12(11)2)13(3)23-15-8-7-14(10-22)17(9-15)18(19,20)21/h4-9,12-13,16H,1-3H3. The van der Waals surface area contributed by atoms with Crippen molar-refractivity contribution in [2.24, 2.45) is 11.8 Å². The summed E-state index contributed by atoms with van der Waals surface area (Å²) in [6, 6.07) is 5.02. The molecule has 5 heteroatoms. The van der Waals surface area contributed by atoms with Crippen LogP contribution in [0.4, 0.5) is 13.2 Å². The Labute approximate surface area is 133 Å². The molecular weight excluding hydrogens is 303 g/mol. The Hall–Kier alpha value is -2.22. The summed E-state index contributed by atoms with van der Waals surface area (Å²) in [5, 5.41) is 8.82. The molecule has 0 N–H and O–H groups in total. The summed E-state index contributed by atoms with van der Waals surface area (Å²) >= 11 is 0. The smallest absolute Gasteiger partial charge is 0.417 e. The molecule has 0 saturated heterocycles. The van der Waals surface area contributed by atoms with Gasteiger partial charge in [-0.2, -0.15) is 18.4 Å². The van der Waals surface area contributed by atoms with Gasteiger partial charge >= 0.3 is 6.18 Å². The number of allylic oxidation sites excluding steroid dienone is 3. The highest BCUT2D eigenvalue weighted by Crippen LogP contribution is 2.35. The van der Waals surface area contributed by atoms with Gasteiger partial charge in [0.1, 0.15) is 11.9 Å². The van der Waals surface area contributed by atoms with E-state index < -0.39 is 17.3 Å². The molecule has 0 bridgehead atoms. The summed E-state index contributed by atoms with van der Waals surface area (Å²) in [4.78, 5) is 0. The Morgan fingerprint density at radius 1 is 1.30 bits per heavy atom. The third-order valence-electron chi connectivity index (χ3n) is 4.27. The zero-order valence-corrected chi connectivity index (χ0v) is 13.2. The van der Waals surface area contributed by atoms with Gasteiger partial charge in [-0.15, -0.1) is 0 Å². The highest BCUT2D eigenvalue weighted by molar-refractivity contribution is 5.44. The van der Waals surface area contributed by atoms with Crippen LogP contribution in [0.2, 0.25) is 0 Å². The van der Waals surface area contributed by atoms with Crippen LogP contribution >= 0.6 is 0 Å². The largest absolute Gasteiger partial charge is 0.490 e.